The van der Waals surface area contributed by atoms with Crippen LogP contribution >= 0.6 is 15.9 Å². The maximum absolute atomic E-state index is 12.3. The second-order valence-corrected chi connectivity index (χ2v) is 7.29. The number of furan rings is 1. The van der Waals surface area contributed by atoms with Crippen LogP contribution in [-0.2, 0) is 16.4 Å². The molecule has 108 valence electrons. The monoisotopic (exact) mass is 357 g/mol. The van der Waals surface area contributed by atoms with E-state index >= 15 is 0 Å². The van der Waals surface area contributed by atoms with Crippen molar-refractivity contribution in [3.63, 3.8) is 0 Å². The Labute approximate surface area is 127 Å². The lowest BCUT2D eigenvalue weighted by atomic mass is 10.2. The van der Waals surface area contributed by atoms with E-state index in [-0.39, 0.29) is 10.9 Å². The van der Waals surface area contributed by atoms with E-state index in [4.69, 9.17) is 4.42 Å². The molecule has 6 heteroatoms. The van der Waals surface area contributed by atoms with Crippen LogP contribution in [0.1, 0.15) is 18.2 Å². The van der Waals surface area contributed by atoms with E-state index < -0.39 is 10.0 Å². The number of nitrogens with one attached hydrogen (secondary N) is 1. The van der Waals surface area contributed by atoms with E-state index in [1.165, 1.54) is 0 Å². The molecule has 0 saturated heterocycles. The zero-order chi connectivity index (χ0) is 14.8. The summed E-state index contributed by atoms with van der Waals surface area (Å²) in [5.41, 5.74) is 0.881. The highest BCUT2D eigenvalue weighted by Gasteiger charge is 2.18. The zero-order valence-electron chi connectivity index (χ0n) is 11.3. The minimum Gasteiger partial charge on any atom is -0.469 e. The predicted molar refractivity (Wildman–Crippen MR) is 81.1 cm³/mol. The van der Waals surface area contributed by atoms with E-state index in [0.717, 1.165) is 15.8 Å². The molecule has 0 amide bonds. The van der Waals surface area contributed by atoms with Gasteiger partial charge in [0.2, 0.25) is 10.0 Å². The first-order valence-corrected chi connectivity index (χ1v) is 8.47. The molecule has 0 aliphatic heterocycles. The Bertz CT molecular complexity index is 680. The SMILES string of the molecule is Cc1cc(S(=O)(=O)NC(C)Cc2ccco2)ccc1Br. The second-order valence-electron chi connectivity index (χ2n) is 4.72. The topological polar surface area (TPSA) is 59.3 Å². The molecular weight excluding hydrogens is 342 g/mol. The van der Waals surface area contributed by atoms with Gasteiger partial charge >= 0.3 is 0 Å². The molecule has 20 heavy (non-hydrogen) atoms. The van der Waals surface area contributed by atoms with E-state index in [0.29, 0.717) is 6.42 Å². The molecule has 1 heterocycles. The summed E-state index contributed by atoms with van der Waals surface area (Å²) >= 11 is 3.36. The molecule has 1 aromatic heterocycles. The van der Waals surface area contributed by atoms with Gasteiger partial charge in [-0.25, -0.2) is 13.1 Å². The van der Waals surface area contributed by atoms with Crippen LogP contribution in [0.25, 0.3) is 0 Å². The van der Waals surface area contributed by atoms with Crippen LogP contribution in [0.4, 0.5) is 0 Å². The van der Waals surface area contributed by atoms with E-state index in [1.807, 2.05) is 19.9 Å². The minimum absolute atomic E-state index is 0.241. The lowest BCUT2D eigenvalue weighted by Crippen LogP contribution is -2.34. The number of aryl methyl sites for hydroxylation is 1. The van der Waals surface area contributed by atoms with Gasteiger partial charge in [-0.05, 0) is 49.7 Å². The Morgan fingerprint density at radius 3 is 2.70 bits per heavy atom. The predicted octanol–water partition coefficient (Wildman–Crippen LogP) is 3.26. The number of rotatable bonds is 5. The molecule has 0 radical (unpaired) electrons. The van der Waals surface area contributed by atoms with Crippen molar-refractivity contribution in [1.82, 2.24) is 4.72 Å². The molecule has 1 atom stereocenters. The molecule has 0 spiro atoms. The Hall–Kier alpha value is -1.11. The number of halogens is 1. The molecule has 0 fully saturated rings. The van der Waals surface area contributed by atoms with Crippen molar-refractivity contribution in [3.05, 3.63) is 52.4 Å². The zero-order valence-corrected chi connectivity index (χ0v) is 13.7. The summed E-state index contributed by atoms with van der Waals surface area (Å²) in [6.45, 7) is 3.67. The Morgan fingerprint density at radius 2 is 2.10 bits per heavy atom. The molecule has 2 rings (SSSR count). The summed E-state index contributed by atoms with van der Waals surface area (Å²) in [6, 6.07) is 8.34. The fourth-order valence-corrected chi connectivity index (χ4v) is 3.46. The first-order chi connectivity index (χ1) is 9.38. The average molecular weight is 358 g/mol. The highest BCUT2D eigenvalue weighted by atomic mass is 79.9. The van der Waals surface area contributed by atoms with Crippen molar-refractivity contribution in [1.29, 1.82) is 0 Å². The van der Waals surface area contributed by atoms with Gasteiger partial charge in [0, 0.05) is 16.9 Å². The second kappa shape index (κ2) is 6.11. The fourth-order valence-electron chi connectivity index (χ4n) is 1.89. The molecule has 1 unspecified atom stereocenters. The maximum atomic E-state index is 12.3. The Kier molecular flexibility index (Phi) is 4.67. The van der Waals surface area contributed by atoms with Crippen LogP contribution in [0.3, 0.4) is 0 Å². The van der Waals surface area contributed by atoms with Gasteiger partial charge in [-0.3, -0.25) is 0 Å². The normalized spacial score (nSPS) is 13.3. The third kappa shape index (κ3) is 3.71. The van der Waals surface area contributed by atoms with E-state index in [9.17, 15) is 8.42 Å². The molecular formula is C14H16BrNO3S. The number of benzene rings is 1. The molecule has 0 aliphatic carbocycles. The van der Waals surface area contributed by atoms with Crippen molar-refractivity contribution in [3.8, 4) is 0 Å². The van der Waals surface area contributed by atoms with Crippen molar-refractivity contribution in [2.45, 2.75) is 31.2 Å². The quantitative estimate of drug-likeness (QED) is 0.893. The van der Waals surface area contributed by atoms with E-state index in [1.54, 1.807) is 30.5 Å². The van der Waals surface area contributed by atoms with Crippen LogP contribution in [0.15, 0.2) is 50.4 Å². The lowest BCUT2D eigenvalue weighted by Gasteiger charge is -2.13. The third-order valence-electron chi connectivity index (χ3n) is 2.88. The molecule has 4 nitrogen and oxygen atoms in total. The van der Waals surface area contributed by atoms with Crippen LogP contribution in [0.5, 0.6) is 0 Å². The van der Waals surface area contributed by atoms with Crippen LogP contribution in [0, 0.1) is 6.92 Å². The standard InChI is InChI=1S/C14H16BrNO3S/c1-10-8-13(5-6-14(10)15)20(17,18)16-11(2)9-12-4-3-7-19-12/h3-8,11,16H,9H2,1-2H3. The maximum Gasteiger partial charge on any atom is 0.240 e. The van der Waals surface area contributed by atoms with Gasteiger partial charge in [-0.15, -0.1) is 0 Å². The summed E-state index contributed by atoms with van der Waals surface area (Å²) < 4.78 is 33.3. The van der Waals surface area contributed by atoms with Crippen molar-refractivity contribution in [2.75, 3.05) is 0 Å². The Balaban J connectivity index is 2.12. The molecule has 1 N–H and O–H groups in total. The van der Waals surface area contributed by atoms with Crippen molar-refractivity contribution < 1.29 is 12.8 Å². The fraction of sp³-hybridized carbons (Fsp3) is 0.286. The molecule has 0 aliphatic rings. The van der Waals surface area contributed by atoms with Gasteiger partial charge in [0.15, 0.2) is 0 Å². The van der Waals surface area contributed by atoms with Gasteiger partial charge < -0.3 is 4.42 Å². The molecule has 0 saturated carbocycles. The first kappa shape index (κ1) is 15.3. The number of sulfonamides is 1. The van der Waals surface area contributed by atoms with Gasteiger partial charge in [0.05, 0.1) is 11.2 Å². The van der Waals surface area contributed by atoms with Gasteiger partial charge in [0.25, 0.3) is 0 Å². The number of hydrogen-bond acceptors (Lipinski definition) is 3. The van der Waals surface area contributed by atoms with Crippen molar-refractivity contribution >= 4 is 26.0 Å². The summed E-state index contributed by atoms with van der Waals surface area (Å²) in [7, 11) is -3.51. The highest BCUT2D eigenvalue weighted by molar-refractivity contribution is 9.10. The average Bonchev–Trinajstić information content (AvgIpc) is 2.84. The van der Waals surface area contributed by atoms with Gasteiger partial charge in [-0.2, -0.15) is 0 Å². The largest absolute Gasteiger partial charge is 0.469 e. The van der Waals surface area contributed by atoms with Gasteiger partial charge in [-0.1, -0.05) is 15.9 Å². The minimum atomic E-state index is -3.51. The van der Waals surface area contributed by atoms with E-state index in [2.05, 4.69) is 20.7 Å². The third-order valence-corrected chi connectivity index (χ3v) is 5.36. The molecule has 0 bridgehead atoms. The molecule has 2 aromatic rings. The first-order valence-electron chi connectivity index (χ1n) is 6.19. The molecule has 1 aromatic carbocycles. The highest BCUT2D eigenvalue weighted by Crippen LogP contribution is 2.20. The van der Waals surface area contributed by atoms with Crippen LogP contribution in [-0.4, -0.2) is 14.5 Å². The lowest BCUT2D eigenvalue weighted by molar-refractivity contribution is 0.479. The number of hydrogen-bond donors (Lipinski definition) is 1. The van der Waals surface area contributed by atoms with Crippen LogP contribution < -0.4 is 4.72 Å². The summed E-state index contributed by atoms with van der Waals surface area (Å²) in [5, 5.41) is 0. The van der Waals surface area contributed by atoms with Crippen molar-refractivity contribution in [2.24, 2.45) is 0 Å². The Morgan fingerprint density at radius 1 is 1.35 bits per heavy atom. The smallest absolute Gasteiger partial charge is 0.240 e. The summed E-state index contributed by atoms with van der Waals surface area (Å²) in [5.74, 6) is 0.757. The van der Waals surface area contributed by atoms with Crippen LogP contribution in [0.2, 0.25) is 0 Å². The summed E-state index contributed by atoms with van der Waals surface area (Å²) in [6.07, 6.45) is 2.09. The summed E-state index contributed by atoms with van der Waals surface area (Å²) in [4.78, 5) is 0.268. The van der Waals surface area contributed by atoms with Gasteiger partial charge in [0.1, 0.15) is 5.76 Å².